The van der Waals surface area contributed by atoms with Gasteiger partial charge in [-0.2, -0.15) is 0 Å². The quantitative estimate of drug-likeness (QED) is 0.209. The van der Waals surface area contributed by atoms with E-state index in [1.807, 2.05) is 12.1 Å². The maximum atomic E-state index is 13.2. The first kappa shape index (κ1) is 22.0. The Bertz CT molecular complexity index is 1310. The Morgan fingerprint density at radius 2 is 1.36 bits per heavy atom. The molecule has 0 saturated heterocycles. The van der Waals surface area contributed by atoms with Gasteiger partial charge in [0.05, 0.1) is 33.2 Å². The van der Waals surface area contributed by atoms with Crippen LogP contribution < -0.4 is 18.9 Å². The fourth-order valence-corrected chi connectivity index (χ4v) is 3.52. The van der Waals surface area contributed by atoms with Crippen LogP contribution in [0.3, 0.4) is 0 Å². The molecule has 0 N–H and O–H groups in total. The van der Waals surface area contributed by atoms with Gasteiger partial charge in [0.25, 0.3) is 0 Å². The zero-order valence-electron chi connectivity index (χ0n) is 18.6. The van der Waals surface area contributed by atoms with Crippen molar-refractivity contribution in [2.45, 2.75) is 6.92 Å². The number of carbonyl (C=O) groups excluding carboxylic acids is 2. The van der Waals surface area contributed by atoms with Gasteiger partial charge in [0, 0.05) is 28.6 Å². The molecule has 1 heterocycles. The van der Waals surface area contributed by atoms with Crippen molar-refractivity contribution in [1.82, 2.24) is 0 Å². The molecule has 1 aromatic heterocycles. The number of hydrogen-bond donors (Lipinski definition) is 0. The van der Waals surface area contributed by atoms with Gasteiger partial charge in [-0.3, -0.25) is 4.79 Å². The van der Waals surface area contributed by atoms with Crippen LogP contribution in [-0.2, 0) is 0 Å². The third kappa shape index (κ3) is 4.39. The SMILES string of the molecule is COc1cc(OC)cc(-c2coc3cc(OC)cc(C(=O)Oc4ccc(C(C)=O)cc4)c23)c1. The van der Waals surface area contributed by atoms with E-state index in [1.54, 1.807) is 62.9 Å². The maximum absolute atomic E-state index is 13.2. The summed E-state index contributed by atoms with van der Waals surface area (Å²) in [5, 5.41) is 0.566. The Labute approximate surface area is 190 Å². The highest BCUT2D eigenvalue weighted by molar-refractivity contribution is 6.10. The molecule has 0 amide bonds. The van der Waals surface area contributed by atoms with E-state index in [0.29, 0.717) is 45.1 Å². The van der Waals surface area contributed by atoms with Gasteiger partial charge in [-0.1, -0.05) is 0 Å². The lowest BCUT2D eigenvalue weighted by atomic mass is 10.00. The fraction of sp³-hybridized carbons (Fsp3) is 0.154. The number of Topliss-reactive ketones (excluding diaryl/α,β-unsaturated/α-hetero) is 1. The Balaban J connectivity index is 1.81. The molecule has 0 aliphatic heterocycles. The standard InChI is InChI=1S/C26H22O7/c1-15(27)16-5-7-18(8-6-16)33-26(28)22-12-21(31-4)13-24-25(22)23(14-32-24)17-9-19(29-2)11-20(10-17)30-3/h5-14H,1-4H3. The highest BCUT2D eigenvalue weighted by atomic mass is 16.5. The van der Waals surface area contributed by atoms with E-state index in [-0.39, 0.29) is 11.3 Å². The fourth-order valence-electron chi connectivity index (χ4n) is 3.52. The molecule has 4 aromatic rings. The van der Waals surface area contributed by atoms with Crippen LogP contribution in [0.1, 0.15) is 27.6 Å². The lowest BCUT2D eigenvalue weighted by molar-refractivity contribution is 0.0736. The average molecular weight is 446 g/mol. The molecule has 0 atom stereocenters. The third-order valence-electron chi connectivity index (χ3n) is 5.24. The van der Waals surface area contributed by atoms with E-state index in [2.05, 4.69) is 0 Å². The zero-order chi connectivity index (χ0) is 23.5. The number of ketones is 1. The summed E-state index contributed by atoms with van der Waals surface area (Å²) >= 11 is 0. The van der Waals surface area contributed by atoms with Crippen molar-refractivity contribution >= 4 is 22.7 Å². The number of hydrogen-bond acceptors (Lipinski definition) is 7. The smallest absolute Gasteiger partial charge is 0.344 e. The molecular weight excluding hydrogens is 424 g/mol. The van der Waals surface area contributed by atoms with Crippen molar-refractivity contribution < 1.29 is 33.0 Å². The third-order valence-corrected chi connectivity index (χ3v) is 5.24. The topological polar surface area (TPSA) is 84.2 Å². The minimum absolute atomic E-state index is 0.0702. The van der Waals surface area contributed by atoms with Gasteiger partial charge in [-0.15, -0.1) is 0 Å². The van der Waals surface area contributed by atoms with Crippen LogP contribution in [0.15, 0.2) is 65.3 Å². The van der Waals surface area contributed by atoms with E-state index in [9.17, 15) is 9.59 Å². The number of rotatable bonds is 7. The summed E-state index contributed by atoms with van der Waals surface area (Å²) in [6, 6.07) is 15.1. The predicted molar refractivity (Wildman–Crippen MR) is 123 cm³/mol. The van der Waals surface area contributed by atoms with Crippen LogP contribution in [0, 0.1) is 0 Å². The monoisotopic (exact) mass is 446 g/mol. The summed E-state index contributed by atoms with van der Waals surface area (Å²) in [5.41, 5.74) is 2.68. The number of carbonyl (C=O) groups is 2. The van der Waals surface area contributed by atoms with Gasteiger partial charge in [-0.25, -0.2) is 4.79 Å². The van der Waals surface area contributed by atoms with Crippen molar-refractivity contribution in [2.24, 2.45) is 0 Å². The largest absolute Gasteiger partial charge is 0.497 e. The molecule has 0 unspecified atom stereocenters. The average Bonchev–Trinajstić information content (AvgIpc) is 3.27. The Hall–Kier alpha value is -4.26. The zero-order valence-corrected chi connectivity index (χ0v) is 18.6. The molecule has 7 heteroatoms. The summed E-state index contributed by atoms with van der Waals surface area (Å²) in [5.74, 6) is 1.30. The second kappa shape index (κ2) is 9.08. The Morgan fingerprint density at radius 1 is 0.758 bits per heavy atom. The summed E-state index contributed by atoms with van der Waals surface area (Å²) in [6.45, 7) is 1.47. The number of esters is 1. The van der Waals surface area contributed by atoms with Crippen LogP contribution in [-0.4, -0.2) is 33.1 Å². The number of furan rings is 1. The molecule has 0 radical (unpaired) electrons. The molecule has 0 bridgehead atoms. The highest BCUT2D eigenvalue weighted by Gasteiger charge is 2.22. The van der Waals surface area contributed by atoms with Gasteiger partial charge in [0.15, 0.2) is 5.78 Å². The molecule has 0 aliphatic carbocycles. The van der Waals surface area contributed by atoms with Gasteiger partial charge in [-0.05, 0) is 55.0 Å². The lowest BCUT2D eigenvalue weighted by Crippen LogP contribution is -2.09. The van der Waals surface area contributed by atoms with E-state index in [4.69, 9.17) is 23.4 Å². The van der Waals surface area contributed by atoms with Gasteiger partial charge in [0.1, 0.15) is 28.6 Å². The molecule has 0 spiro atoms. The van der Waals surface area contributed by atoms with E-state index < -0.39 is 5.97 Å². The molecule has 0 aliphatic rings. The summed E-state index contributed by atoms with van der Waals surface area (Å²) in [4.78, 5) is 24.7. The first-order valence-corrected chi connectivity index (χ1v) is 10.1. The molecule has 4 rings (SSSR count). The van der Waals surface area contributed by atoms with Crippen molar-refractivity contribution in [3.63, 3.8) is 0 Å². The number of fused-ring (bicyclic) bond motifs is 1. The lowest BCUT2D eigenvalue weighted by Gasteiger charge is -2.10. The summed E-state index contributed by atoms with van der Waals surface area (Å²) in [7, 11) is 4.64. The molecular formula is C26H22O7. The van der Waals surface area contributed by atoms with Crippen molar-refractivity contribution in [2.75, 3.05) is 21.3 Å². The van der Waals surface area contributed by atoms with Crippen LogP contribution in [0.5, 0.6) is 23.0 Å². The van der Waals surface area contributed by atoms with E-state index >= 15 is 0 Å². The second-order valence-electron chi connectivity index (χ2n) is 7.27. The summed E-state index contributed by atoms with van der Waals surface area (Å²) in [6.07, 6.45) is 1.57. The molecule has 3 aromatic carbocycles. The minimum atomic E-state index is -0.591. The molecule has 33 heavy (non-hydrogen) atoms. The number of benzene rings is 3. The van der Waals surface area contributed by atoms with Crippen LogP contribution in [0.2, 0.25) is 0 Å². The van der Waals surface area contributed by atoms with E-state index in [1.165, 1.54) is 14.0 Å². The van der Waals surface area contributed by atoms with Gasteiger partial charge < -0.3 is 23.4 Å². The first-order chi connectivity index (χ1) is 15.9. The van der Waals surface area contributed by atoms with Crippen molar-refractivity contribution in [3.8, 4) is 34.1 Å². The summed E-state index contributed by atoms with van der Waals surface area (Å²) < 4.78 is 27.5. The number of methoxy groups -OCH3 is 3. The Morgan fingerprint density at radius 3 is 1.94 bits per heavy atom. The van der Waals surface area contributed by atoms with Crippen LogP contribution in [0.4, 0.5) is 0 Å². The van der Waals surface area contributed by atoms with Crippen molar-refractivity contribution in [1.29, 1.82) is 0 Å². The van der Waals surface area contributed by atoms with E-state index in [0.717, 1.165) is 5.56 Å². The molecule has 0 saturated carbocycles. The van der Waals surface area contributed by atoms with Gasteiger partial charge in [0.2, 0.25) is 0 Å². The highest BCUT2D eigenvalue weighted by Crippen LogP contribution is 2.39. The molecule has 168 valence electrons. The van der Waals surface area contributed by atoms with Crippen LogP contribution in [0.25, 0.3) is 22.1 Å². The maximum Gasteiger partial charge on any atom is 0.344 e. The number of ether oxygens (including phenoxy) is 4. The predicted octanol–water partition coefficient (Wildman–Crippen LogP) is 5.55. The molecule has 7 nitrogen and oxygen atoms in total. The van der Waals surface area contributed by atoms with Gasteiger partial charge >= 0.3 is 5.97 Å². The Kier molecular flexibility index (Phi) is 6.04. The normalized spacial score (nSPS) is 10.7. The van der Waals surface area contributed by atoms with Crippen molar-refractivity contribution in [3.05, 3.63) is 72.0 Å². The second-order valence-corrected chi connectivity index (χ2v) is 7.27. The molecule has 0 fully saturated rings. The first-order valence-electron chi connectivity index (χ1n) is 10.1. The minimum Gasteiger partial charge on any atom is -0.497 e. The van der Waals surface area contributed by atoms with Crippen LogP contribution >= 0.6 is 0 Å².